The summed E-state index contributed by atoms with van der Waals surface area (Å²) in [5, 5.41) is 1.07. The number of β-lactam (4-membered cyclic amide) rings is 2. The molecule has 2 aromatic rings. The van der Waals surface area contributed by atoms with Crippen molar-refractivity contribution in [3.8, 4) is 0 Å². The summed E-state index contributed by atoms with van der Waals surface area (Å²) in [6.07, 6.45) is -0.191. The monoisotopic (exact) mass is 766 g/mol. The van der Waals surface area contributed by atoms with E-state index in [0.717, 1.165) is 10.5 Å². The third-order valence-electron chi connectivity index (χ3n) is 9.32. The number of hydrogen-bond acceptors (Lipinski definition) is 13. The quantitative estimate of drug-likeness (QED) is 0.145. The molecular formula is C32H38N4O12S3. The van der Waals surface area contributed by atoms with Crippen molar-refractivity contribution in [3.63, 3.8) is 0 Å². The van der Waals surface area contributed by atoms with Gasteiger partial charge in [0, 0.05) is 4.75 Å². The van der Waals surface area contributed by atoms with Crippen molar-refractivity contribution in [2.24, 2.45) is 5.73 Å². The van der Waals surface area contributed by atoms with Crippen molar-refractivity contribution in [1.82, 2.24) is 15.1 Å². The molecular weight excluding hydrogens is 729 g/mol. The number of nitrogens with zero attached hydrogens (tertiary/aromatic N) is 2. The lowest BCUT2D eigenvalue weighted by Gasteiger charge is -2.44. The number of carbonyl (C=O) groups is 5. The second-order valence-corrected chi connectivity index (χ2v) is 19.4. The number of nitrogens with two attached hydrogens (primary N) is 1. The van der Waals surface area contributed by atoms with Crippen LogP contribution in [0.3, 0.4) is 0 Å². The number of ether oxygens (including phenoxy) is 2. The van der Waals surface area contributed by atoms with E-state index in [0.29, 0.717) is 5.56 Å². The zero-order chi connectivity index (χ0) is 37.8. The normalized spacial score (nSPS) is 27.0. The molecule has 2 aromatic carbocycles. The molecule has 4 aliphatic heterocycles. The van der Waals surface area contributed by atoms with Gasteiger partial charge in [-0.15, -0.1) is 11.8 Å². The molecule has 19 heteroatoms. The fraction of sp³-hybridized carbons (Fsp3) is 0.469. The van der Waals surface area contributed by atoms with Gasteiger partial charge in [-0.1, -0.05) is 48.0 Å². The van der Waals surface area contributed by atoms with Crippen LogP contribution in [0.15, 0.2) is 59.5 Å². The Morgan fingerprint density at radius 3 is 2.10 bits per heavy atom. The number of esters is 2. The van der Waals surface area contributed by atoms with Gasteiger partial charge in [0.05, 0.1) is 16.1 Å². The molecule has 4 heterocycles. The molecule has 16 nitrogen and oxygen atoms in total. The molecule has 0 spiro atoms. The lowest BCUT2D eigenvalue weighted by Crippen LogP contribution is -2.71. The SMILES string of the molecule is CC1(C)S[C@@H]2[C@H](NC(=O)[C@H](N)c3ccccc3)C(=O)N2[C@H]1C(=O)OCOC(=O)[C@@H]1N2C(=O)CC2S(=O)(=O)C1(C)C.Cc1ccc(S(=O)(=O)O)cc1. The van der Waals surface area contributed by atoms with Gasteiger partial charge in [0.15, 0.2) is 9.84 Å². The molecule has 4 aliphatic rings. The third-order valence-corrected chi connectivity index (χ3v) is 14.6. The van der Waals surface area contributed by atoms with Crippen molar-refractivity contribution in [3.05, 3.63) is 65.7 Å². The minimum Gasteiger partial charge on any atom is -0.426 e. The summed E-state index contributed by atoms with van der Waals surface area (Å²) in [5.74, 6) is -3.32. The Bertz CT molecular complexity index is 1970. The van der Waals surface area contributed by atoms with Gasteiger partial charge < -0.3 is 30.3 Å². The Kier molecular flexibility index (Phi) is 10.1. The van der Waals surface area contributed by atoms with Gasteiger partial charge in [0.1, 0.15) is 34.9 Å². The highest BCUT2D eigenvalue weighted by molar-refractivity contribution is 8.01. The van der Waals surface area contributed by atoms with Gasteiger partial charge in [0.25, 0.3) is 10.1 Å². The predicted octanol–water partition coefficient (Wildman–Crippen LogP) is 0.653. The topological polar surface area (TPSA) is 237 Å². The molecule has 0 aliphatic carbocycles. The van der Waals surface area contributed by atoms with E-state index >= 15 is 0 Å². The first-order valence-corrected chi connectivity index (χ1v) is 19.5. The second kappa shape index (κ2) is 13.5. The van der Waals surface area contributed by atoms with E-state index in [1.165, 1.54) is 42.6 Å². The maximum atomic E-state index is 13.0. The molecule has 3 amide bonds. The smallest absolute Gasteiger partial charge is 0.333 e. The number of benzene rings is 2. The minimum atomic E-state index is -4.02. The maximum Gasteiger partial charge on any atom is 0.333 e. The molecule has 51 heavy (non-hydrogen) atoms. The van der Waals surface area contributed by atoms with Crippen molar-refractivity contribution < 1.29 is 54.8 Å². The van der Waals surface area contributed by atoms with Crippen LogP contribution in [0, 0.1) is 6.92 Å². The molecule has 0 radical (unpaired) electrons. The molecule has 0 aromatic heterocycles. The highest BCUT2D eigenvalue weighted by Gasteiger charge is 2.68. The fourth-order valence-corrected chi connectivity index (χ4v) is 10.6. The number of rotatable bonds is 8. The van der Waals surface area contributed by atoms with Crippen LogP contribution in [0.25, 0.3) is 0 Å². The number of aryl methyl sites for hydroxylation is 1. The van der Waals surface area contributed by atoms with E-state index in [-0.39, 0.29) is 11.3 Å². The Labute approximate surface area is 299 Å². The number of nitrogens with one attached hydrogen (secondary N) is 1. The van der Waals surface area contributed by atoms with Crippen LogP contribution in [0.1, 0.15) is 51.3 Å². The fourth-order valence-electron chi connectivity index (χ4n) is 6.40. The van der Waals surface area contributed by atoms with Crippen molar-refractivity contribution in [1.29, 1.82) is 0 Å². The molecule has 276 valence electrons. The molecule has 1 unspecified atom stereocenters. The molecule has 4 fully saturated rings. The first kappa shape index (κ1) is 38.2. The van der Waals surface area contributed by atoms with E-state index in [1.807, 2.05) is 6.92 Å². The molecule has 4 N–H and O–H groups in total. The third kappa shape index (κ3) is 6.84. The zero-order valence-electron chi connectivity index (χ0n) is 28.2. The molecule has 0 saturated carbocycles. The van der Waals surface area contributed by atoms with Crippen LogP contribution >= 0.6 is 11.8 Å². The lowest BCUT2D eigenvalue weighted by molar-refractivity contribution is -0.181. The highest BCUT2D eigenvalue weighted by Crippen LogP contribution is 2.51. The van der Waals surface area contributed by atoms with Crippen molar-refractivity contribution >= 4 is 61.4 Å². The van der Waals surface area contributed by atoms with E-state index in [1.54, 1.807) is 56.3 Å². The average Bonchev–Trinajstić information content (AvgIpc) is 3.38. The van der Waals surface area contributed by atoms with Gasteiger partial charge in [-0.05, 0) is 52.3 Å². The number of hydrogen-bond donors (Lipinski definition) is 3. The summed E-state index contributed by atoms with van der Waals surface area (Å²) in [5.41, 5.74) is 7.59. The standard InChI is InChI=1S/C25H30N4O9S2.C7H8O3S/c1-24(2)17(29-20(32)16(21(29)39-24)27-19(31)15(26)12-8-6-5-7-9-12)22(33)37-11-38-23(34)18-25(3,4)40(35,36)14-10-13(30)28(14)18;1-6-2-4-7(5-3-6)11(8,9)10/h5-9,14-18,21H,10-11,26H2,1-4H3,(H,27,31);2-5H,1H3,(H,8,9,10)/t14?,15-,16-,17+,18+,21-;/m1./s1. The number of amides is 3. The van der Waals surface area contributed by atoms with Crippen molar-refractivity contribution in [2.45, 2.75) is 90.3 Å². The van der Waals surface area contributed by atoms with Gasteiger partial charge >= 0.3 is 11.9 Å². The zero-order valence-corrected chi connectivity index (χ0v) is 30.7. The Hall–Kier alpha value is -4.04. The summed E-state index contributed by atoms with van der Waals surface area (Å²) >= 11 is 1.31. The minimum absolute atomic E-state index is 0.0666. The van der Waals surface area contributed by atoms with Crippen molar-refractivity contribution in [2.75, 3.05) is 6.79 Å². The van der Waals surface area contributed by atoms with Gasteiger partial charge in [-0.2, -0.15) is 8.42 Å². The van der Waals surface area contributed by atoms with Crippen LogP contribution in [-0.4, -0.2) is 106 Å². The Morgan fingerprint density at radius 2 is 1.55 bits per heavy atom. The lowest BCUT2D eigenvalue weighted by atomic mass is 9.95. The van der Waals surface area contributed by atoms with Gasteiger partial charge in [-0.3, -0.25) is 18.9 Å². The van der Waals surface area contributed by atoms with E-state index in [2.05, 4.69) is 5.32 Å². The number of fused-ring (bicyclic) bond motifs is 2. The Balaban J connectivity index is 0.000000392. The first-order valence-electron chi connectivity index (χ1n) is 15.6. The average molecular weight is 767 g/mol. The second-order valence-electron chi connectivity index (χ2n) is 13.5. The maximum absolute atomic E-state index is 13.0. The number of sulfone groups is 1. The Morgan fingerprint density at radius 1 is 0.980 bits per heavy atom. The first-order chi connectivity index (χ1) is 23.6. The largest absolute Gasteiger partial charge is 0.426 e. The summed E-state index contributed by atoms with van der Waals surface area (Å²) in [7, 11) is -7.82. The molecule has 4 saturated heterocycles. The van der Waals surface area contributed by atoms with E-state index in [4.69, 9.17) is 19.8 Å². The molecule has 0 bridgehead atoms. The number of carbonyl (C=O) groups excluding carboxylic acids is 5. The summed E-state index contributed by atoms with van der Waals surface area (Å²) in [6.45, 7) is 7.21. The highest BCUT2D eigenvalue weighted by atomic mass is 32.2. The van der Waals surface area contributed by atoms with Crippen LogP contribution in [0.4, 0.5) is 0 Å². The predicted molar refractivity (Wildman–Crippen MR) is 181 cm³/mol. The van der Waals surface area contributed by atoms with Crippen LogP contribution in [0.5, 0.6) is 0 Å². The van der Waals surface area contributed by atoms with Crippen LogP contribution in [-0.2, 0) is 53.4 Å². The molecule has 6 rings (SSSR count). The molecule has 6 atom stereocenters. The van der Waals surface area contributed by atoms with Crippen LogP contribution in [0.2, 0.25) is 0 Å². The van der Waals surface area contributed by atoms with Gasteiger partial charge in [-0.25, -0.2) is 18.0 Å². The summed E-state index contributed by atoms with van der Waals surface area (Å²) < 4.78 is 62.9. The summed E-state index contributed by atoms with van der Waals surface area (Å²) in [4.78, 5) is 65.8. The number of thioether (sulfide) groups is 1. The van der Waals surface area contributed by atoms with Gasteiger partial charge in [0.2, 0.25) is 24.5 Å². The van der Waals surface area contributed by atoms with E-state index < -0.39 is 101 Å². The van der Waals surface area contributed by atoms with Crippen LogP contribution < -0.4 is 11.1 Å². The summed E-state index contributed by atoms with van der Waals surface area (Å²) in [6, 6.07) is 10.4. The van der Waals surface area contributed by atoms with E-state index in [9.17, 15) is 40.8 Å².